The summed E-state index contributed by atoms with van der Waals surface area (Å²) < 4.78 is 45.9. The lowest BCUT2D eigenvalue weighted by molar-refractivity contribution is 0.0730. The molecule has 2 aromatic carbocycles. The number of sulfonamides is 1. The van der Waals surface area contributed by atoms with E-state index in [0.717, 1.165) is 34.0 Å². The van der Waals surface area contributed by atoms with Crippen LogP contribution in [0.1, 0.15) is 26.3 Å². The van der Waals surface area contributed by atoms with Crippen molar-refractivity contribution in [2.45, 2.75) is 31.2 Å². The number of hydrogen-bond acceptors (Lipinski definition) is 7. The lowest BCUT2D eigenvalue weighted by Crippen LogP contribution is -2.40. The molecule has 4 rings (SSSR count). The molecule has 1 unspecified atom stereocenters. The molecule has 8 nitrogen and oxygen atoms in total. The second-order valence-electron chi connectivity index (χ2n) is 8.22. The minimum atomic E-state index is -3.54. The fourth-order valence-electron chi connectivity index (χ4n) is 3.96. The van der Waals surface area contributed by atoms with E-state index in [4.69, 9.17) is 19.2 Å². The van der Waals surface area contributed by atoms with Gasteiger partial charge in [-0.1, -0.05) is 6.92 Å². The van der Waals surface area contributed by atoms with Crippen LogP contribution in [0.4, 0.5) is 5.69 Å². The number of morpholine rings is 1. The van der Waals surface area contributed by atoms with Crippen molar-refractivity contribution in [3.05, 3.63) is 52.6 Å². The third kappa shape index (κ3) is 5.30. The normalized spacial score (nSPS) is 16.3. The first-order valence-corrected chi connectivity index (χ1v) is 13.9. The molecule has 0 radical (unpaired) electrons. The van der Waals surface area contributed by atoms with Gasteiger partial charge in [0.25, 0.3) is 0 Å². The summed E-state index contributed by atoms with van der Waals surface area (Å²) in [6.45, 7) is 5.86. The van der Waals surface area contributed by atoms with Crippen LogP contribution in [0.15, 0.2) is 57.7 Å². The summed E-state index contributed by atoms with van der Waals surface area (Å²) in [5.74, 6) is 1.50. The predicted molar refractivity (Wildman–Crippen MR) is 137 cm³/mol. The molecule has 0 aliphatic carbocycles. The van der Waals surface area contributed by atoms with Gasteiger partial charge in [-0.05, 0) is 55.8 Å². The Hall–Kier alpha value is -2.66. The smallest absolute Gasteiger partial charge is 0.243 e. The van der Waals surface area contributed by atoms with Crippen LogP contribution < -0.4 is 14.3 Å². The molecule has 0 N–H and O–H groups in total. The van der Waals surface area contributed by atoms with Gasteiger partial charge in [-0.2, -0.15) is 4.31 Å². The standard InChI is InChI=1S/C25H31N3O5S2/c1-5-18(2)28-23(22-16-20(31-3)8-11-24(22)32-4)17-34-25(28)26-19-6-9-21(10-7-19)35(29,30)27-12-14-33-15-13-27/h6-11,16-18H,5,12-15H2,1-4H3. The van der Waals surface area contributed by atoms with Crippen LogP contribution in [0.2, 0.25) is 0 Å². The molecule has 1 fully saturated rings. The van der Waals surface area contributed by atoms with Crippen molar-refractivity contribution in [3.63, 3.8) is 0 Å². The molecule has 188 valence electrons. The zero-order chi connectivity index (χ0) is 25.0. The summed E-state index contributed by atoms with van der Waals surface area (Å²) in [5, 5.41) is 2.07. The van der Waals surface area contributed by atoms with Gasteiger partial charge in [0.05, 0.1) is 43.7 Å². The average molecular weight is 518 g/mol. The maximum absolute atomic E-state index is 12.9. The first-order chi connectivity index (χ1) is 16.9. The van der Waals surface area contributed by atoms with Crippen LogP contribution >= 0.6 is 11.3 Å². The van der Waals surface area contributed by atoms with Crippen LogP contribution in [0.25, 0.3) is 11.3 Å². The Kier molecular flexibility index (Phi) is 7.95. The summed E-state index contributed by atoms with van der Waals surface area (Å²) in [6, 6.07) is 12.7. The third-order valence-electron chi connectivity index (χ3n) is 6.13. The Morgan fingerprint density at radius 1 is 1.09 bits per heavy atom. The molecule has 2 heterocycles. The van der Waals surface area contributed by atoms with Gasteiger partial charge in [-0.25, -0.2) is 13.4 Å². The molecule has 1 atom stereocenters. The number of benzene rings is 2. The highest BCUT2D eigenvalue weighted by Gasteiger charge is 2.26. The van der Waals surface area contributed by atoms with E-state index in [1.54, 1.807) is 38.5 Å². The minimum Gasteiger partial charge on any atom is -0.497 e. The van der Waals surface area contributed by atoms with E-state index in [9.17, 15) is 8.42 Å². The van der Waals surface area contributed by atoms with E-state index in [1.165, 1.54) is 15.6 Å². The Morgan fingerprint density at radius 3 is 2.43 bits per heavy atom. The van der Waals surface area contributed by atoms with Gasteiger partial charge in [0.2, 0.25) is 10.0 Å². The highest BCUT2D eigenvalue weighted by molar-refractivity contribution is 7.89. The molecular weight excluding hydrogens is 486 g/mol. The van der Waals surface area contributed by atoms with Crippen molar-refractivity contribution in [1.29, 1.82) is 0 Å². The molecule has 0 amide bonds. The minimum absolute atomic E-state index is 0.187. The van der Waals surface area contributed by atoms with Gasteiger partial charge in [0.1, 0.15) is 11.5 Å². The van der Waals surface area contributed by atoms with Gasteiger partial charge in [0, 0.05) is 30.1 Å². The zero-order valence-corrected chi connectivity index (χ0v) is 22.1. The number of ether oxygens (including phenoxy) is 3. The third-order valence-corrected chi connectivity index (χ3v) is 8.88. The summed E-state index contributed by atoms with van der Waals surface area (Å²) in [6.07, 6.45) is 0.917. The maximum atomic E-state index is 12.9. The number of thiazole rings is 1. The van der Waals surface area contributed by atoms with Crippen molar-refractivity contribution < 1.29 is 22.6 Å². The Morgan fingerprint density at radius 2 is 1.80 bits per heavy atom. The summed E-state index contributed by atoms with van der Waals surface area (Å²) in [7, 11) is -0.240. The summed E-state index contributed by atoms with van der Waals surface area (Å²) in [4.78, 5) is 5.96. The zero-order valence-electron chi connectivity index (χ0n) is 20.4. The highest BCUT2D eigenvalue weighted by Crippen LogP contribution is 2.35. The summed E-state index contributed by atoms with van der Waals surface area (Å²) in [5.41, 5.74) is 2.61. The first-order valence-electron chi connectivity index (χ1n) is 11.5. The van der Waals surface area contributed by atoms with Gasteiger partial charge < -0.3 is 18.8 Å². The van der Waals surface area contributed by atoms with E-state index in [-0.39, 0.29) is 10.9 Å². The average Bonchev–Trinajstić information content (AvgIpc) is 3.31. The van der Waals surface area contributed by atoms with Crippen molar-refractivity contribution in [1.82, 2.24) is 8.87 Å². The first kappa shape index (κ1) is 25.4. The maximum Gasteiger partial charge on any atom is 0.243 e. The number of rotatable bonds is 8. The lowest BCUT2D eigenvalue weighted by Gasteiger charge is -2.26. The predicted octanol–water partition coefficient (Wildman–Crippen LogP) is 4.46. The fraction of sp³-hybridized carbons (Fsp3) is 0.400. The Labute approximate surface area is 210 Å². The molecule has 0 bridgehead atoms. The van der Waals surface area contributed by atoms with Crippen molar-refractivity contribution in [2.75, 3.05) is 40.5 Å². The molecule has 1 aliphatic rings. The highest BCUT2D eigenvalue weighted by atomic mass is 32.2. The van der Waals surface area contributed by atoms with Gasteiger partial charge in [-0.3, -0.25) is 0 Å². The van der Waals surface area contributed by atoms with Gasteiger partial charge in [0.15, 0.2) is 4.80 Å². The molecule has 1 saturated heterocycles. The van der Waals surface area contributed by atoms with Gasteiger partial charge in [-0.15, -0.1) is 11.3 Å². The van der Waals surface area contributed by atoms with Crippen LogP contribution in [0.5, 0.6) is 11.5 Å². The van der Waals surface area contributed by atoms with E-state index in [2.05, 4.69) is 23.8 Å². The van der Waals surface area contributed by atoms with Crippen molar-refractivity contribution >= 4 is 27.0 Å². The van der Waals surface area contributed by atoms with Crippen LogP contribution in [-0.2, 0) is 14.8 Å². The van der Waals surface area contributed by atoms with Crippen molar-refractivity contribution in [3.8, 4) is 22.8 Å². The quantitative estimate of drug-likeness (QED) is 0.441. The molecule has 1 aliphatic heterocycles. The van der Waals surface area contributed by atoms with E-state index in [0.29, 0.717) is 32.0 Å². The number of methoxy groups -OCH3 is 2. The second-order valence-corrected chi connectivity index (χ2v) is 11.0. The molecule has 3 aromatic rings. The fourth-order valence-corrected chi connectivity index (χ4v) is 6.38. The molecule has 0 saturated carbocycles. The molecule has 35 heavy (non-hydrogen) atoms. The van der Waals surface area contributed by atoms with Crippen LogP contribution in [0, 0.1) is 0 Å². The van der Waals surface area contributed by atoms with E-state index in [1.807, 2.05) is 18.2 Å². The number of nitrogens with zero attached hydrogens (tertiary/aromatic N) is 3. The SMILES string of the molecule is CCC(C)n1c(-c2cc(OC)ccc2OC)csc1=Nc1ccc(S(=O)(=O)N2CCOCC2)cc1. The Bertz CT molecular complexity index is 1320. The largest absolute Gasteiger partial charge is 0.497 e. The Balaban J connectivity index is 1.74. The van der Waals surface area contributed by atoms with Crippen LogP contribution in [-0.4, -0.2) is 57.8 Å². The van der Waals surface area contributed by atoms with E-state index < -0.39 is 10.0 Å². The van der Waals surface area contributed by atoms with Crippen LogP contribution in [0.3, 0.4) is 0 Å². The topological polar surface area (TPSA) is 82.4 Å². The lowest BCUT2D eigenvalue weighted by atomic mass is 10.1. The molecule has 1 aromatic heterocycles. The van der Waals surface area contributed by atoms with E-state index >= 15 is 0 Å². The van der Waals surface area contributed by atoms with Gasteiger partial charge >= 0.3 is 0 Å². The monoisotopic (exact) mass is 517 g/mol. The summed E-state index contributed by atoms with van der Waals surface area (Å²) >= 11 is 1.53. The van der Waals surface area contributed by atoms with Crippen molar-refractivity contribution in [2.24, 2.45) is 4.99 Å². The number of hydrogen-bond donors (Lipinski definition) is 0. The number of aromatic nitrogens is 1. The molecular formula is C25H31N3O5S2. The molecule has 0 spiro atoms. The molecule has 10 heteroatoms. The second kappa shape index (κ2) is 10.9.